The minimum absolute atomic E-state index is 0.505. The quantitative estimate of drug-likeness (QED) is 0.794. The summed E-state index contributed by atoms with van der Waals surface area (Å²) in [5.74, 6) is 0.918. The van der Waals surface area contributed by atoms with Gasteiger partial charge in [0.2, 0.25) is 0 Å². The van der Waals surface area contributed by atoms with Crippen molar-refractivity contribution in [1.29, 1.82) is 0 Å². The van der Waals surface area contributed by atoms with Gasteiger partial charge in [-0.2, -0.15) is 0 Å². The Kier molecular flexibility index (Phi) is 5.75. The molecule has 2 aliphatic rings. The Morgan fingerprint density at radius 1 is 1.24 bits per heavy atom. The van der Waals surface area contributed by atoms with Gasteiger partial charge in [0.1, 0.15) is 0 Å². The summed E-state index contributed by atoms with van der Waals surface area (Å²) in [6.45, 7) is 9.32. The van der Waals surface area contributed by atoms with Crippen molar-refractivity contribution in [3.05, 3.63) is 0 Å². The molecule has 2 rings (SSSR count). The summed E-state index contributed by atoms with van der Waals surface area (Å²) in [6, 6.07) is 0. The van der Waals surface area contributed by atoms with E-state index in [0.717, 1.165) is 18.9 Å². The topological polar surface area (TPSA) is 24.5 Å². The Morgan fingerprint density at radius 3 is 2.82 bits per heavy atom. The number of nitrogens with zero attached hydrogens (tertiary/aromatic N) is 1. The van der Waals surface area contributed by atoms with Crippen LogP contribution in [0.5, 0.6) is 0 Å². The first kappa shape index (κ1) is 13.3. The molecule has 1 atom stereocenters. The van der Waals surface area contributed by atoms with Crippen LogP contribution in [-0.2, 0) is 4.74 Å². The molecule has 0 spiro atoms. The lowest BCUT2D eigenvalue weighted by Gasteiger charge is -2.36. The van der Waals surface area contributed by atoms with Crippen molar-refractivity contribution in [3.63, 3.8) is 0 Å². The predicted octanol–water partition coefficient (Wildman–Crippen LogP) is 1.88. The Morgan fingerprint density at radius 2 is 2.06 bits per heavy atom. The Hall–Kier alpha value is -0.120. The van der Waals surface area contributed by atoms with Gasteiger partial charge in [-0.25, -0.2) is 0 Å². The molecule has 1 unspecified atom stereocenters. The summed E-state index contributed by atoms with van der Waals surface area (Å²) in [5.41, 5.74) is 0. The lowest BCUT2D eigenvalue weighted by atomic mass is 9.96. The molecule has 0 saturated carbocycles. The standard InChI is InChI=1S/C14H28N2O/c1-2-10-17-14-4-3-9-16(12-14)11-13-5-7-15-8-6-13/h13-15H,2-12H2,1H3. The van der Waals surface area contributed by atoms with Gasteiger partial charge >= 0.3 is 0 Å². The molecule has 1 N–H and O–H groups in total. The van der Waals surface area contributed by atoms with E-state index in [9.17, 15) is 0 Å². The zero-order chi connectivity index (χ0) is 11.9. The monoisotopic (exact) mass is 240 g/mol. The van der Waals surface area contributed by atoms with Crippen molar-refractivity contribution in [3.8, 4) is 0 Å². The van der Waals surface area contributed by atoms with E-state index in [4.69, 9.17) is 4.74 Å². The van der Waals surface area contributed by atoms with Crippen molar-refractivity contribution in [2.45, 2.75) is 45.1 Å². The fourth-order valence-electron chi connectivity index (χ4n) is 3.03. The highest BCUT2D eigenvalue weighted by Crippen LogP contribution is 2.18. The van der Waals surface area contributed by atoms with Crippen molar-refractivity contribution in [2.75, 3.05) is 39.3 Å². The zero-order valence-corrected chi connectivity index (χ0v) is 11.3. The first-order valence-corrected chi connectivity index (χ1v) is 7.43. The van der Waals surface area contributed by atoms with Crippen molar-refractivity contribution >= 4 is 0 Å². The molecule has 2 heterocycles. The normalized spacial score (nSPS) is 28.4. The van der Waals surface area contributed by atoms with E-state index in [-0.39, 0.29) is 0 Å². The van der Waals surface area contributed by atoms with E-state index in [1.165, 1.54) is 58.4 Å². The van der Waals surface area contributed by atoms with Crippen LogP contribution in [0.15, 0.2) is 0 Å². The van der Waals surface area contributed by atoms with Crippen LogP contribution in [0.4, 0.5) is 0 Å². The van der Waals surface area contributed by atoms with E-state index in [2.05, 4.69) is 17.1 Å². The second-order valence-electron chi connectivity index (χ2n) is 5.59. The molecule has 0 aliphatic carbocycles. The second-order valence-corrected chi connectivity index (χ2v) is 5.59. The molecular formula is C14H28N2O. The van der Waals surface area contributed by atoms with E-state index >= 15 is 0 Å². The average Bonchev–Trinajstić information content (AvgIpc) is 2.38. The molecule has 0 aromatic rings. The number of nitrogens with one attached hydrogen (secondary N) is 1. The maximum absolute atomic E-state index is 5.90. The van der Waals surface area contributed by atoms with Crippen LogP contribution < -0.4 is 5.32 Å². The van der Waals surface area contributed by atoms with Crippen LogP contribution in [0.3, 0.4) is 0 Å². The van der Waals surface area contributed by atoms with Crippen molar-refractivity contribution < 1.29 is 4.74 Å². The van der Waals surface area contributed by atoms with E-state index in [1.54, 1.807) is 0 Å². The highest BCUT2D eigenvalue weighted by Gasteiger charge is 2.23. The second kappa shape index (κ2) is 7.34. The molecule has 3 nitrogen and oxygen atoms in total. The highest BCUT2D eigenvalue weighted by atomic mass is 16.5. The summed E-state index contributed by atoms with van der Waals surface area (Å²) < 4.78 is 5.90. The SMILES string of the molecule is CCCOC1CCCN(CC2CCNCC2)C1. The van der Waals surface area contributed by atoms with Gasteiger partial charge in [-0.3, -0.25) is 0 Å². The number of hydrogen-bond acceptors (Lipinski definition) is 3. The zero-order valence-electron chi connectivity index (χ0n) is 11.3. The summed E-state index contributed by atoms with van der Waals surface area (Å²) in [7, 11) is 0. The van der Waals surface area contributed by atoms with Gasteiger partial charge in [-0.1, -0.05) is 6.92 Å². The van der Waals surface area contributed by atoms with Gasteiger partial charge in [0.25, 0.3) is 0 Å². The molecule has 2 saturated heterocycles. The first-order valence-electron chi connectivity index (χ1n) is 7.43. The van der Waals surface area contributed by atoms with E-state index in [0.29, 0.717) is 6.10 Å². The van der Waals surface area contributed by atoms with Gasteiger partial charge in [0, 0.05) is 19.7 Å². The Labute approximate surface area is 106 Å². The molecule has 0 amide bonds. The molecule has 0 bridgehead atoms. The molecule has 3 heteroatoms. The molecule has 0 aromatic carbocycles. The molecule has 2 aliphatic heterocycles. The third-order valence-electron chi connectivity index (χ3n) is 4.00. The smallest absolute Gasteiger partial charge is 0.0702 e. The number of likely N-dealkylation sites (tertiary alicyclic amines) is 1. The minimum Gasteiger partial charge on any atom is -0.377 e. The van der Waals surface area contributed by atoms with Crippen LogP contribution in [0.1, 0.15) is 39.0 Å². The maximum Gasteiger partial charge on any atom is 0.0702 e. The Balaban J connectivity index is 1.68. The molecule has 0 aromatic heterocycles. The summed E-state index contributed by atoms with van der Waals surface area (Å²) in [6.07, 6.45) is 6.95. The highest BCUT2D eigenvalue weighted by molar-refractivity contribution is 4.78. The number of hydrogen-bond donors (Lipinski definition) is 1. The molecular weight excluding hydrogens is 212 g/mol. The van der Waals surface area contributed by atoms with Crippen molar-refractivity contribution in [1.82, 2.24) is 10.2 Å². The molecule has 17 heavy (non-hydrogen) atoms. The van der Waals surface area contributed by atoms with Gasteiger partial charge in [0.05, 0.1) is 6.10 Å². The molecule has 0 radical (unpaired) electrons. The average molecular weight is 240 g/mol. The largest absolute Gasteiger partial charge is 0.377 e. The molecule has 2 fully saturated rings. The van der Waals surface area contributed by atoms with Gasteiger partial charge in [-0.05, 0) is 57.7 Å². The van der Waals surface area contributed by atoms with Gasteiger partial charge < -0.3 is 15.0 Å². The Bertz CT molecular complexity index is 204. The lowest BCUT2D eigenvalue weighted by molar-refractivity contribution is -0.00494. The third kappa shape index (κ3) is 4.57. The number of ether oxygens (including phenoxy) is 1. The fraction of sp³-hybridized carbons (Fsp3) is 1.00. The van der Waals surface area contributed by atoms with Crippen molar-refractivity contribution in [2.24, 2.45) is 5.92 Å². The lowest BCUT2D eigenvalue weighted by Crippen LogP contribution is -2.43. The minimum atomic E-state index is 0.505. The first-order chi connectivity index (χ1) is 8.38. The number of rotatable bonds is 5. The van der Waals surface area contributed by atoms with Crippen LogP contribution in [0, 0.1) is 5.92 Å². The predicted molar refractivity (Wildman–Crippen MR) is 71.3 cm³/mol. The van der Waals surface area contributed by atoms with Crippen LogP contribution in [-0.4, -0.2) is 50.3 Å². The van der Waals surface area contributed by atoms with Crippen LogP contribution >= 0.6 is 0 Å². The summed E-state index contributed by atoms with van der Waals surface area (Å²) in [5, 5.41) is 3.45. The summed E-state index contributed by atoms with van der Waals surface area (Å²) >= 11 is 0. The van der Waals surface area contributed by atoms with E-state index in [1.807, 2.05) is 0 Å². The molecule has 100 valence electrons. The van der Waals surface area contributed by atoms with Crippen LogP contribution in [0.25, 0.3) is 0 Å². The number of piperidine rings is 2. The van der Waals surface area contributed by atoms with Gasteiger partial charge in [0.15, 0.2) is 0 Å². The van der Waals surface area contributed by atoms with Gasteiger partial charge in [-0.15, -0.1) is 0 Å². The third-order valence-corrected chi connectivity index (χ3v) is 4.00. The maximum atomic E-state index is 5.90. The van der Waals surface area contributed by atoms with Crippen LogP contribution in [0.2, 0.25) is 0 Å². The van der Waals surface area contributed by atoms with E-state index < -0.39 is 0 Å². The summed E-state index contributed by atoms with van der Waals surface area (Å²) in [4.78, 5) is 2.64. The fourth-order valence-corrected chi connectivity index (χ4v) is 3.03.